The molecule has 3 nitrogen and oxygen atoms in total. The highest BCUT2D eigenvalue weighted by Gasteiger charge is 2.18. The second-order valence-corrected chi connectivity index (χ2v) is 5.27. The van der Waals surface area contributed by atoms with Gasteiger partial charge in [0.1, 0.15) is 5.75 Å². The van der Waals surface area contributed by atoms with Crippen molar-refractivity contribution in [3.8, 4) is 11.8 Å². The minimum Gasteiger partial charge on any atom is -0.496 e. The number of benzene rings is 1. The Morgan fingerprint density at radius 3 is 2.63 bits per heavy atom. The van der Waals surface area contributed by atoms with Gasteiger partial charge in [-0.15, -0.1) is 0 Å². The maximum atomic E-state index is 9.42. The minimum atomic E-state index is -0.0392. The van der Waals surface area contributed by atoms with Gasteiger partial charge in [0, 0.05) is 6.54 Å². The van der Waals surface area contributed by atoms with Gasteiger partial charge in [0.05, 0.1) is 19.1 Å². The van der Waals surface area contributed by atoms with Crippen LogP contribution in [0.1, 0.15) is 36.3 Å². The zero-order valence-electron chi connectivity index (χ0n) is 11.9. The van der Waals surface area contributed by atoms with Gasteiger partial charge in [-0.1, -0.05) is 18.6 Å². The predicted octanol–water partition coefficient (Wildman–Crippen LogP) is 3.10. The number of nitriles is 1. The van der Waals surface area contributed by atoms with Crippen LogP contribution >= 0.6 is 0 Å². The summed E-state index contributed by atoms with van der Waals surface area (Å²) in [5, 5.41) is 9.42. The third-order valence-electron chi connectivity index (χ3n) is 3.87. The molecule has 0 aliphatic carbocycles. The largest absolute Gasteiger partial charge is 0.496 e. The molecular formula is C16H22N2O. The molecule has 0 amide bonds. The number of nitrogens with zero attached hydrogens (tertiary/aromatic N) is 2. The monoisotopic (exact) mass is 258 g/mol. The maximum absolute atomic E-state index is 9.42. The van der Waals surface area contributed by atoms with Crippen molar-refractivity contribution >= 4 is 0 Å². The molecule has 0 N–H and O–H groups in total. The van der Waals surface area contributed by atoms with Crippen LogP contribution in [0.4, 0.5) is 0 Å². The van der Waals surface area contributed by atoms with E-state index < -0.39 is 0 Å². The van der Waals surface area contributed by atoms with E-state index in [2.05, 4.69) is 17.0 Å². The summed E-state index contributed by atoms with van der Waals surface area (Å²) >= 11 is 0. The molecule has 3 heteroatoms. The molecule has 2 rings (SSSR count). The second kappa shape index (κ2) is 6.58. The lowest BCUT2D eigenvalue weighted by Crippen LogP contribution is -2.33. The summed E-state index contributed by atoms with van der Waals surface area (Å²) in [6.07, 6.45) is 3.86. The second-order valence-electron chi connectivity index (χ2n) is 5.27. The van der Waals surface area contributed by atoms with Crippen LogP contribution in [0.25, 0.3) is 0 Å². The lowest BCUT2D eigenvalue weighted by molar-refractivity contribution is 0.225. The Bertz CT molecular complexity index is 458. The van der Waals surface area contributed by atoms with Crippen LogP contribution in [0.2, 0.25) is 0 Å². The van der Waals surface area contributed by atoms with Crippen LogP contribution in [-0.4, -0.2) is 31.6 Å². The topological polar surface area (TPSA) is 36.3 Å². The molecule has 1 heterocycles. The highest BCUT2D eigenvalue weighted by molar-refractivity contribution is 5.39. The summed E-state index contributed by atoms with van der Waals surface area (Å²) in [6, 6.07) is 8.51. The average Bonchev–Trinajstić information content (AvgIpc) is 2.46. The number of likely N-dealkylation sites (tertiary alicyclic amines) is 1. The molecule has 1 unspecified atom stereocenters. The van der Waals surface area contributed by atoms with Gasteiger partial charge in [0.25, 0.3) is 0 Å². The molecule has 1 aromatic rings. The first-order valence-corrected chi connectivity index (χ1v) is 7.01. The van der Waals surface area contributed by atoms with E-state index in [0.717, 1.165) is 36.5 Å². The number of aryl methyl sites for hydroxylation is 1. The van der Waals surface area contributed by atoms with Crippen molar-refractivity contribution in [3.05, 3.63) is 29.3 Å². The maximum Gasteiger partial charge on any atom is 0.121 e. The van der Waals surface area contributed by atoms with Crippen LogP contribution < -0.4 is 4.74 Å². The fourth-order valence-electron chi connectivity index (χ4n) is 2.74. The Balaban J connectivity index is 2.08. The number of piperidine rings is 1. The van der Waals surface area contributed by atoms with Crippen LogP contribution in [0.5, 0.6) is 5.75 Å². The van der Waals surface area contributed by atoms with Gasteiger partial charge >= 0.3 is 0 Å². The average molecular weight is 258 g/mol. The Kier molecular flexibility index (Phi) is 4.81. The summed E-state index contributed by atoms with van der Waals surface area (Å²) in [6.45, 7) is 5.14. The van der Waals surface area contributed by atoms with E-state index in [4.69, 9.17) is 4.74 Å². The van der Waals surface area contributed by atoms with E-state index in [-0.39, 0.29) is 5.92 Å². The van der Waals surface area contributed by atoms with Crippen LogP contribution in [-0.2, 0) is 0 Å². The zero-order valence-corrected chi connectivity index (χ0v) is 11.9. The molecule has 1 fully saturated rings. The number of hydrogen-bond donors (Lipinski definition) is 0. The molecule has 0 bridgehead atoms. The Morgan fingerprint density at radius 2 is 2.05 bits per heavy atom. The van der Waals surface area contributed by atoms with E-state index in [1.807, 2.05) is 19.1 Å². The third-order valence-corrected chi connectivity index (χ3v) is 3.87. The summed E-state index contributed by atoms with van der Waals surface area (Å²) in [7, 11) is 1.68. The van der Waals surface area contributed by atoms with Gasteiger partial charge in [0.15, 0.2) is 0 Å². The molecular weight excluding hydrogens is 236 g/mol. The standard InChI is InChI=1S/C16H22N2O/c1-13-10-14(6-7-16(13)19-2)15(11-17)12-18-8-4-3-5-9-18/h6-7,10,15H,3-5,8-9,12H2,1-2H3. The van der Waals surface area contributed by atoms with Gasteiger partial charge in [-0.3, -0.25) is 0 Å². The van der Waals surface area contributed by atoms with E-state index in [1.54, 1.807) is 7.11 Å². The summed E-state index contributed by atoms with van der Waals surface area (Å²) in [5.74, 6) is 0.848. The molecule has 1 saturated heterocycles. The molecule has 1 aliphatic heterocycles. The lowest BCUT2D eigenvalue weighted by atomic mass is 9.97. The Morgan fingerprint density at radius 1 is 1.32 bits per heavy atom. The highest BCUT2D eigenvalue weighted by atomic mass is 16.5. The number of methoxy groups -OCH3 is 1. The normalized spacial score (nSPS) is 17.7. The molecule has 1 aliphatic rings. The zero-order chi connectivity index (χ0) is 13.7. The third kappa shape index (κ3) is 3.48. The highest BCUT2D eigenvalue weighted by Crippen LogP contribution is 2.25. The van der Waals surface area contributed by atoms with Crippen molar-refractivity contribution in [2.45, 2.75) is 32.1 Å². The summed E-state index contributed by atoms with van der Waals surface area (Å²) < 4.78 is 5.27. The van der Waals surface area contributed by atoms with Gasteiger partial charge in [0.2, 0.25) is 0 Å². The van der Waals surface area contributed by atoms with Crippen molar-refractivity contribution < 1.29 is 4.74 Å². The fraction of sp³-hybridized carbons (Fsp3) is 0.562. The van der Waals surface area contributed by atoms with E-state index in [9.17, 15) is 5.26 Å². The molecule has 0 radical (unpaired) electrons. The van der Waals surface area contributed by atoms with Crippen molar-refractivity contribution in [3.63, 3.8) is 0 Å². The summed E-state index contributed by atoms with van der Waals surface area (Å²) in [5.41, 5.74) is 2.20. The molecule has 0 spiro atoms. The smallest absolute Gasteiger partial charge is 0.121 e. The minimum absolute atomic E-state index is 0.0392. The van der Waals surface area contributed by atoms with E-state index in [1.165, 1.54) is 19.3 Å². The van der Waals surface area contributed by atoms with Gasteiger partial charge in [-0.25, -0.2) is 0 Å². The first kappa shape index (κ1) is 13.9. The van der Waals surface area contributed by atoms with Crippen LogP contribution in [0.3, 0.4) is 0 Å². The fourth-order valence-corrected chi connectivity index (χ4v) is 2.74. The first-order chi connectivity index (χ1) is 9.24. The first-order valence-electron chi connectivity index (χ1n) is 7.01. The van der Waals surface area contributed by atoms with Crippen molar-refractivity contribution in [2.24, 2.45) is 0 Å². The Labute approximate surface area is 115 Å². The van der Waals surface area contributed by atoms with E-state index >= 15 is 0 Å². The molecule has 19 heavy (non-hydrogen) atoms. The molecule has 0 saturated carbocycles. The van der Waals surface area contributed by atoms with Gasteiger partial charge in [-0.2, -0.15) is 5.26 Å². The predicted molar refractivity (Wildman–Crippen MR) is 76.4 cm³/mol. The van der Waals surface area contributed by atoms with Crippen molar-refractivity contribution in [2.75, 3.05) is 26.7 Å². The summed E-state index contributed by atoms with van der Waals surface area (Å²) in [4.78, 5) is 2.41. The molecule has 1 atom stereocenters. The van der Waals surface area contributed by atoms with Gasteiger partial charge < -0.3 is 9.64 Å². The number of hydrogen-bond acceptors (Lipinski definition) is 3. The lowest BCUT2D eigenvalue weighted by Gasteiger charge is -2.28. The quantitative estimate of drug-likeness (QED) is 0.832. The van der Waals surface area contributed by atoms with Crippen LogP contribution in [0.15, 0.2) is 18.2 Å². The Hall–Kier alpha value is -1.53. The SMILES string of the molecule is COc1ccc(C(C#N)CN2CCCCC2)cc1C. The molecule has 1 aromatic carbocycles. The van der Waals surface area contributed by atoms with E-state index in [0.29, 0.717) is 0 Å². The van der Waals surface area contributed by atoms with Gasteiger partial charge in [-0.05, 0) is 50.0 Å². The van der Waals surface area contributed by atoms with Crippen LogP contribution in [0, 0.1) is 18.3 Å². The number of ether oxygens (including phenoxy) is 1. The molecule has 0 aromatic heterocycles. The van der Waals surface area contributed by atoms with Crippen molar-refractivity contribution in [1.29, 1.82) is 5.26 Å². The van der Waals surface area contributed by atoms with Crippen molar-refractivity contribution in [1.82, 2.24) is 4.90 Å². The number of rotatable bonds is 4. The molecule has 102 valence electrons.